The van der Waals surface area contributed by atoms with Gasteiger partial charge in [0.05, 0.1) is 0 Å². The smallest absolute Gasteiger partial charge is 0.321 e. The SMILES string of the molecule is CC(CC(=O)O)CC(=O)NC(=O)NCCC(=O)N(C)C. The Kier molecular flexibility index (Phi) is 7.95. The average Bonchev–Trinajstić information content (AvgIpc) is 2.26. The monoisotopic (exact) mass is 287 g/mol. The largest absolute Gasteiger partial charge is 0.481 e. The molecule has 114 valence electrons. The molecular formula is C12H21N3O5. The van der Waals surface area contributed by atoms with E-state index < -0.39 is 17.9 Å². The molecule has 0 fully saturated rings. The number of carboxylic acid groups (broad SMARTS) is 1. The number of amides is 4. The molecule has 0 bridgehead atoms. The Balaban J connectivity index is 3.88. The number of rotatable bonds is 7. The summed E-state index contributed by atoms with van der Waals surface area (Å²) in [6, 6.07) is -0.691. The van der Waals surface area contributed by atoms with Gasteiger partial charge in [0.25, 0.3) is 0 Å². The summed E-state index contributed by atoms with van der Waals surface area (Å²) < 4.78 is 0. The topological polar surface area (TPSA) is 116 Å². The van der Waals surface area contributed by atoms with Gasteiger partial charge in [0.2, 0.25) is 11.8 Å². The molecule has 0 heterocycles. The third-order valence-corrected chi connectivity index (χ3v) is 2.43. The van der Waals surface area contributed by atoms with Crippen molar-refractivity contribution in [2.24, 2.45) is 5.92 Å². The van der Waals surface area contributed by atoms with Gasteiger partial charge in [-0.1, -0.05) is 6.92 Å². The lowest BCUT2D eigenvalue weighted by molar-refractivity contribution is -0.138. The second-order valence-corrected chi connectivity index (χ2v) is 4.75. The highest BCUT2D eigenvalue weighted by atomic mass is 16.4. The molecule has 0 aromatic carbocycles. The molecule has 0 spiro atoms. The molecule has 0 aliphatic heterocycles. The van der Waals surface area contributed by atoms with Crippen LogP contribution in [0.1, 0.15) is 26.2 Å². The molecule has 0 aliphatic carbocycles. The van der Waals surface area contributed by atoms with Crippen LogP contribution in [0.15, 0.2) is 0 Å². The van der Waals surface area contributed by atoms with Gasteiger partial charge in [0.15, 0.2) is 0 Å². The van der Waals surface area contributed by atoms with Gasteiger partial charge in [0.1, 0.15) is 0 Å². The highest BCUT2D eigenvalue weighted by Crippen LogP contribution is 2.06. The van der Waals surface area contributed by atoms with E-state index in [0.29, 0.717) is 0 Å². The van der Waals surface area contributed by atoms with Crippen molar-refractivity contribution in [2.75, 3.05) is 20.6 Å². The maximum Gasteiger partial charge on any atom is 0.321 e. The molecule has 0 radical (unpaired) electrons. The van der Waals surface area contributed by atoms with Gasteiger partial charge in [-0.15, -0.1) is 0 Å². The lowest BCUT2D eigenvalue weighted by Gasteiger charge is -2.11. The summed E-state index contributed by atoms with van der Waals surface area (Å²) in [5.41, 5.74) is 0. The van der Waals surface area contributed by atoms with Crippen LogP contribution in [0.5, 0.6) is 0 Å². The Morgan fingerprint density at radius 1 is 1.15 bits per heavy atom. The van der Waals surface area contributed by atoms with Crippen molar-refractivity contribution in [3.63, 3.8) is 0 Å². The quantitative estimate of drug-likeness (QED) is 0.599. The van der Waals surface area contributed by atoms with E-state index in [-0.39, 0.29) is 37.6 Å². The molecule has 0 aromatic rings. The number of hydrogen-bond acceptors (Lipinski definition) is 4. The predicted molar refractivity (Wildman–Crippen MR) is 70.9 cm³/mol. The van der Waals surface area contributed by atoms with Crippen LogP contribution in [0, 0.1) is 5.92 Å². The molecule has 0 rings (SSSR count). The maximum absolute atomic E-state index is 11.4. The lowest BCUT2D eigenvalue weighted by atomic mass is 10.0. The van der Waals surface area contributed by atoms with Crippen LogP contribution >= 0.6 is 0 Å². The number of urea groups is 1. The molecule has 0 saturated carbocycles. The summed E-state index contributed by atoms with van der Waals surface area (Å²) >= 11 is 0. The highest BCUT2D eigenvalue weighted by Gasteiger charge is 2.14. The molecule has 1 unspecified atom stereocenters. The normalized spacial score (nSPS) is 11.3. The van der Waals surface area contributed by atoms with Crippen LogP contribution in [0.3, 0.4) is 0 Å². The Morgan fingerprint density at radius 2 is 1.75 bits per heavy atom. The zero-order valence-electron chi connectivity index (χ0n) is 11.9. The van der Waals surface area contributed by atoms with E-state index in [2.05, 4.69) is 10.6 Å². The highest BCUT2D eigenvalue weighted by molar-refractivity contribution is 5.94. The number of nitrogens with zero attached hydrogens (tertiary/aromatic N) is 1. The summed E-state index contributed by atoms with van der Waals surface area (Å²) in [6.07, 6.45) is -0.0350. The zero-order chi connectivity index (χ0) is 15.7. The van der Waals surface area contributed by atoms with Crippen molar-refractivity contribution >= 4 is 23.8 Å². The van der Waals surface area contributed by atoms with E-state index in [1.165, 1.54) is 4.90 Å². The number of carbonyl (C=O) groups excluding carboxylic acids is 3. The molecule has 0 aromatic heterocycles. The molecule has 0 saturated heterocycles. The van der Waals surface area contributed by atoms with Crippen LogP contribution in [0.4, 0.5) is 4.79 Å². The molecule has 0 aliphatic rings. The summed E-state index contributed by atoms with van der Waals surface area (Å²) in [5.74, 6) is -2.02. The first-order valence-corrected chi connectivity index (χ1v) is 6.22. The average molecular weight is 287 g/mol. The number of hydrogen-bond donors (Lipinski definition) is 3. The molecule has 4 amide bonds. The first kappa shape index (κ1) is 17.9. The van der Waals surface area contributed by atoms with Crippen LogP contribution in [-0.4, -0.2) is 54.5 Å². The zero-order valence-corrected chi connectivity index (χ0v) is 11.9. The van der Waals surface area contributed by atoms with Gasteiger partial charge in [-0.3, -0.25) is 19.7 Å². The fourth-order valence-corrected chi connectivity index (χ4v) is 1.42. The molecule has 8 heteroatoms. The summed E-state index contributed by atoms with van der Waals surface area (Å²) in [4.78, 5) is 45.8. The number of aliphatic carboxylic acids is 1. The van der Waals surface area contributed by atoms with Crippen molar-refractivity contribution < 1.29 is 24.3 Å². The number of carbonyl (C=O) groups is 4. The van der Waals surface area contributed by atoms with Crippen molar-refractivity contribution in [1.29, 1.82) is 0 Å². The molecule has 8 nitrogen and oxygen atoms in total. The summed E-state index contributed by atoms with van der Waals surface area (Å²) in [6.45, 7) is 1.74. The van der Waals surface area contributed by atoms with E-state index in [1.54, 1.807) is 21.0 Å². The molecule has 20 heavy (non-hydrogen) atoms. The maximum atomic E-state index is 11.4. The van der Waals surface area contributed by atoms with Crippen molar-refractivity contribution in [1.82, 2.24) is 15.5 Å². The van der Waals surface area contributed by atoms with Crippen LogP contribution in [-0.2, 0) is 14.4 Å². The standard InChI is InChI=1S/C12H21N3O5/c1-8(7-11(18)19)6-9(16)14-12(20)13-5-4-10(17)15(2)3/h8H,4-7H2,1-3H3,(H,18,19)(H2,13,14,16,20). The van der Waals surface area contributed by atoms with Gasteiger partial charge in [-0.25, -0.2) is 4.79 Å². The number of carboxylic acids is 1. The Hall–Kier alpha value is -2.12. The fourth-order valence-electron chi connectivity index (χ4n) is 1.42. The summed E-state index contributed by atoms with van der Waals surface area (Å²) in [7, 11) is 3.21. The molecule has 3 N–H and O–H groups in total. The first-order chi connectivity index (χ1) is 9.22. The Morgan fingerprint density at radius 3 is 2.25 bits per heavy atom. The van der Waals surface area contributed by atoms with Gasteiger partial charge in [0, 0.05) is 39.9 Å². The van der Waals surface area contributed by atoms with E-state index >= 15 is 0 Å². The number of nitrogens with one attached hydrogen (secondary N) is 2. The minimum atomic E-state index is -0.989. The van der Waals surface area contributed by atoms with E-state index in [9.17, 15) is 19.2 Å². The predicted octanol–water partition coefficient (Wildman–Crippen LogP) is -0.209. The van der Waals surface area contributed by atoms with Crippen molar-refractivity contribution in [3.8, 4) is 0 Å². The Labute approximate surface area is 117 Å². The number of imide groups is 1. The second-order valence-electron chi connectivity index (χ2n) is 4.75. The first-order valence-electron chi connectivity index (χ1n) is 6.22. The summed E-state index contributed by atoms with van der Waals surface area (Å²) in [5, 5.41) is 13.0. The third-order valence-electron chi connectivity index (χ3n) is 2.43. The van der Waals surface area contributed by atoms with Crippen molar-refractivity contribution in [3.05, 3.63) is 0 Å². The molecular weight excluding hydrogens is 266 g/mol. The van der Waals surface area contributed by atoms with Gasteiger partial charge < -0.3 is 15.3 Å². The lowest BCUT2D eigenvalue weighted by Crippen LogP contribution is -2.41. The van der Waals surface area contributed by atoms with Crippen LogP contribution in [0.25, 0.3) is 0 Å². The second kappa shape index (κ2) is 8.89. The van der Waals surface area contributed by atoms with E-state index in [1.807, 2.05) is 0 Å². The van der Waals surface area contributed by atoms with Gasteiger partial charge >= 0.3 is 12.0 Å². The minimum Gasteiger partial charge on any atom is -0.481 e. The van der Waals surface area contributed by atoms with Crippen LogP contribution < -0.4 is 10.6 Å². The van der Waals surface area contributed by atoms with E-state index in [4.69, 9.17) is 5.11 Å². The minimum absolute atomic E-state index is 0.0453. The Bertz CT molecular complexity index is 381. The fraction of sp³-hybridized carbons (Fsp3) is 0.667. The third kappa shape index (κ3) is 8.90. The van der Waals surface area contributed by atoms with Gasteiger partial charge in [-0.2, -0.15) is 0 Å². The van der Waals surface area contributed by atoms with Crippen LogP contribution in [0.2, 0.25) is 0 Å². The molecule has 1 atom stereocenters. The van der Waals surface area contributed by atoms with Gasteiger partial charge in [-0.05, 0) is 5.92 Å². The van der Waals surface area contributed by atoms with Crippen molar-refractivity contribution in [2.45, 2.75) is 26.2 Å². The van der Waals surface area contributed by atoms with E-state index in [0.717, 1.165) is 0 Å².